The molecule has 0 saturated carbocycles. The van der Waals surface area contributed by atoms with Crippen molar-refractivity contribution < 1.29 is 14.4 Å². The molecule has 0 unspecified atom stereocenters. The van der Waals surface area contributed by atoms with Crippen molar-refractivity contribution in [2.45, 2.75) is 25.9 Å². The molecule has 3 aliphatic heterocycles. The summed E-state index contributed by atoms with van der Waals surface area (Å²) >= 11 is 0. The summed E-state index contributed by atoms with van der Waals surface area (Å²) in [4.78, 5) is 13.7. The highest BCUT2D eigenvalue weighted by atomic mass is 16.5. The lowest BCUT2D eigenvalue weighted by Gasteiger charge is -2.41. The first-order chi connectivity index (χ1) is 8.72. The molecule has 3 aliphatic rings. The number of fused-ring (bicyclic) bond motifs is 3. The lowest BCUT2D eigenvalue weighted by molar-refractivity contribution is -0.920. The molecule has 0 spiro atoms. The highest BCUT2D eigenvalue weighted by Gasteiger charge is 2.39. The monoisotopic (exact) mass is 246 g/mol. The maximum Gasteiger partial charge on any atom is 0.338 e. The van der Waals surface area contributed by atoms with Crippen molar-refractivity contribution in [1.82, 2.24) is 0 Å². The highest BCUT2D eigenvalue weighted by molar-refractivity contribution is 5.89. The molecule has 0 radical (unpaired) electrons. The summed E-state index contributed by atoms with van der Waals surface area (Å²) in [5.41, 5.74) is 1.84. The number of ether oxygens (including phenoxy) is 1. The van der Waals surface area contributed by atoms with Crippen molar-refractivity contribution in [3.8, 4) is 0 Å². The van der Waals surface area contributed by atoms with Gasteiger partial charge in [0.05, 0.1) is 18.7 Å². The Morgan fingerprint density at radius 2 is 1.89 bits per heavy atom. The molecule has 0 aromatic heterocycles. The lowest BCUT2D eigenvalue weighted by atomic mass is 9.86. The summed E-state index contributed by atoms with van der Waals surface area (Å²) in [6.07, 6.45) is 2.55. The number of carbonyl (C=O) groups is 1. The topological polar surface area (TPSA) is 30.7 Å². The number of esters is 1. The Bertz CT molecular complexity index is 432. The molecular formula is C15H20NO2+. The molecule has 18 heavy (non-hydrogen) atoms. The Kier molecular flexibility index (Phi) is 3.08. The Labute approximate surface area is 108 Å². The van der Waals surface area contributed by atoms with Crippen LogP contribution in [0.3, 0.4) is 0 Å². The molecule has 1 aromatic carbocycles. The maximum atomic E-state index is 12.1. The van der Waals surface area contributed by atoms with E-state index in [1.54, 1.807) is 4.90 Å². The Morgan fingerprint density at radius 1 is 1.22 bits per heavy atom. The van der Waals surface area contributed by atoms with Crippen LogP contribution < -0.4 is 4.90 Å². The molecule has 3 fully saturated rings. The number of hydrogen-bond donors (Lipinski definition) is 1. The summed E-state index contributed by atoms with van der Waals surface area (Å²) < 4.78 is 5.69. The van der Waals surface area contributed by atoms with E-state index in [0.717, 1.165) is 6.54 Å². The van der Waals surface area contributed by atoms with E-state index in [0.29, 0.717) is 11.5 Å². The van der Waals surface area contributed by atoms with Crippen LogP contribution >= 0.6 is 0 Å². The van der Waals surface area contributed by atoms with Gasteiger partial charge < -0.3 is 9.64 Å². The van der Waals surface area contributed by atoms with E-state index in [1.807, 2.05) is 31.2 Å². The number of piperidine rings is 3. The molecule has 3 nitrogen and oxygen atoms in total. The number of nitrogens with one attached hydrogen (secondary N) is 1. The fourth-order valence-electron chi connectivity index (χ4n) is 3.11. The quantitative estimate of drug-likeness (QED) is 0.784. The summed E-state index contributed by atoms with van der Waals surface area (Å²) in [6, 6.07) is 7.62. The molecule has 3 heterocycles. The largest absolute Gasteiger partial charge is 0.452 e. The Morgan fingerprint density at radius 3 is 2.44 bits per heavy atom. The van der Waals surface area contributed by atoms with Crippen LogP contribution in [0.25, 0.3) is 0 Å². The van der Waals surface area contributed by atoms with Crippen molar-refractivity contribution in [3.63, 3.8) is 0 Å². The molecular weight excluding hydrogens is 226 g/mol. The van der Waals surface area contributed by atoms with Crippen LogP contribution in [0.5, 0.6) is 0 Å². The standard InChI is InChI=1S/C15H19NO2/c1-11-2-4-13(5-3-11)15(17)18-14-10-16-8-6-12(14)7-9-16/h2-5,12,14H,6-10H2,1H3/p+1/t14-/m1/s1. The molecule has 0 amide bonds. The smallest absolute Gasteiger partial charge is 0.338 e. The summed E-state index contributed by atoms with van der Waals surface area (Å²) in [6.45, 7) is 5.53. The fraction of sp³-hybridized carbons (Fsp3) is 0.533. The number of benzene rings is 1. The SMILES string of the molecule is Cc1ccc(C(=O)O[C@@H]2C[NH+]3CCC2CC3)cc1. The zero-order valence-corrected chi connectivity index (χ0v) is 10.8. The second kappa shape index (κ2) is 4.73. The molecule has 0 aliphatic carbocycles. The van der Waals surface area contributed by atoms with Crippen molar-refractivity contribution >= 4 is 5.97 Å². The molecule has 1 aromatic rings. The third-order valence-corrected chi connectivity index (χ3v) is 4.30. The first-order valence-electron chi connectivity index (χ1n) is 6.83. The van der Waals surface area contributed by atoms with Gasteiger partial charge in [-0.05, 0) is 19.1 Å². The highest BCUT2D eigenvalue weighted by Crippen LogP contribution is 2.22. The third kappa shape index (κ3) is 2.27. The van der Waals surface area contributed by atoms with Crippen LogP contribution in [0.4, 0.5) is 0 Å². The van der Waals surface area contributed by atoms with Gasteiger partial charge in [0, 0.05) is 18.8 Å². The van der Waals surface area contributed by atoms with Crippen LogP contribution in [0.2, 0.25) is 0 Å². The average Bonchev–Trinajstić information content (AvgIpc) is 2.41. The summed E-state index contributed by atoms with van der Waals surface area (Å²) in [5, 5.41) is 0. The normalized spacial score (nSPS) is 30.2. The number of carbonyl (C=O) groups excluding carboxylic acids is 1. The minimum atomic E-state index is -0.159. The van der Waals surface area contributed by atoms with Gasteiger partial charge >= 0.3 is 5.97 Å². The fourth-order valence-corrected chi connectivity index (χ4v) is 3.11. The number of hydrogen-bond acceptors (Lipinski definition) is 2. The van der Waals surface area contributed by atoms with E-state index in [2.05, 4.69) is 0 Å². The van der Waals surface area contributed by atoms with Gasteiger partial charge in [-0.15, -0.1) is 0 Å². The van der Waals surface area contributed by atoms with Crippen LogP contribution in [0, 0.1) is 12.8 Å². The predicted octanol–water partition coefficient (Wildman–Crippen LogP) is 0.829. The van der Waals surface area contributed by atoms with E-state index in [4.69, 9.17) is 4.74 Å². The van der Waals surface area contributed by atoms with Crippen LogP contribution in [-0.2, 0) is 4.74 Å². The molecule has 96 valence electrons. The van der Waals surface area contributed by atoms with Crippen LogP contribution in [0.15, 0.2) is 24.3 Å². The van der Waals surface area contributed by atoms with Crippen molar-refractivity contribution in [2.75, 3.05) is 19.6 Å². The second-order valence-corrected chi connectivity index (χ2v) is 5.60. The molecule has 1 atom stereocenters. The van der Waals surface area contributed by atoms with Gasteiger partial charge in [0.25, 0.3) is 0 Å². The van der Waals surface area contributed by atoms with Gasteiger partial charge in [0.2, 0.25) is 0 Å². The zero-order valence-electron chi connectivity index (χ0n) is 10.8. The van der Waals surface area contributed by atoms with E-state index >= 15 is 0 Å². The van der Waals surface area contributed by atoms with Gasteiger partial charge in [-0.2, -0.15) is 0 Å². The molecule has 3 saturated heterocycles. The van der Waals surface area contributed by atoms with E-state index in [9.17, 15) is 4.79 Å². The predicted molar refractivity (Wildman–Crippen MR) is 68.7 cm³/mol. The Balaban J connectivity index is 1.66. The van der Waals surface area contributed by atoms with E-state index in [1.165, 1.54) is 31.5 Å². The van der Waals surface area contributed by atoms with Crippen molar-refractivity contribution in [2.24, 2.45) is 5.92 Å². The number of rotatable bonds is 2. The first-order valence-corrected chi connectivity index (χ1v) is 6.83. The molecule has 4 rings (SSSR count). The minimum Gasteiger partial charge on any atom is -0.452 e. The second-order valence-electron chi connectivity index (χ2n) is 5.60. The minimum absolute atomic E-state index is 0.135. The van der Waals surface area contributed by atoms with Gasteiger partial charge in [0.15, 0.2) is 6.10 Å². The van der Waals surface area contributed by atoms with Crippen molar-refractivity contribution in [3.05, 3.63) is 35.4 Å². The van der Waals surface area contributed by atoms with Gasteiger partial charge in [-0.3, -0.25) is 0 Å². The average molecular weight is 246 g/mol. The lowest BCUT2D eigenvalue weighted by Crippen LogP contribution is -3.16. The summed E-state index contributed by atoms with van der Waals surface area (Å²) in [7, 11) is 0. The molecule has 1 N–H and O–H groups in total. The summed E-state index contributed by atoms with van der Waals surface area (Å²) in [5.74, 6) is 0.435. The zero-order chi connectivity index (χ0) is 12.5. The number of quaternary nitrogens is 1. The molecule has 2 bridgehead atoms. The van der Waals surface area contributed by atoms with E-state index in [-0.39, 0.29) is 12.1 Å². The number of aryl methyl sites for hydroxylation is 1. The van der Waals surface area contributed by atoms with Crippen molar-refractivity contribution in [1.29, 1.82) is 0 Å². The van der Waals surface area contributed by atoms with Gasteiger partial charge in [-0.1, -0.05) is 17.7 Å². The van der Waals surface area contributed by atoms with Gasteiger partial charge in [0.1, 0.15) is 6.54 Å². The molecule has 3 heteroatoms. The van der Waals surface area contributed by atoms with E-state index < -0.39 is 0 Å². The maximum absolute atomic E-state index is 12.1. The van der Waals surface area contributed by atoms with Crippen LogP contribution in [-0.4, -0.2) is 31.7 Å². The van der Waals surface area contributed by atoms with Crippen LogP contribution in [0.1, 0.15) is 28.8 Å². The first kappa shape index (κ1) is 11.7. The Hall–Kier alpha value is -1.35. The van der Waals surface area contributed by atoms with Gasteiger partial charge in [-0.25, -0.2) is 4.79 Å². The third-order valence-electron chi connectivity index (χ3n) is 4.30.